The molecule has 12 nitrogen and oxygen atoms in total. The third kappa shape index (κ3) is 9.07. The van der Waals surface area contributed by atoms with Gasteiger partial charge in [-0.15, -0.1) is 0 Å². The first-order chi connectivity index (χ1) is 16.3. The first-order valence-corrected chi connectivity index (χ1v) is 12.3. The van der Waals surface area contributed by atoms with Crippen LogP contribution in [0.2, 0.25) is 0 Å². The van der Waals surface area contributed by atoms with Crippen LogP contribution in [0.1, 0.15) is 41.5 Å². The Morgan fingerprint density at radius 3 is 0.917 bits per heavy atom. The average molecular weight is 568 g/mol. The number of esters is 3. The van der Waals surface area contributed by atoms with Crippen molar-refractivity contribution in [2.75, 3.05) is 19.8 Å². The number of hydrogen-bond donors (Lipinski definition) is 3. The highest BCUT2D eigenvalue weighted by atomic mass is 32.1. The number of thiol groups is 3. The molecule has 0 bridgehead atoms. The zero-order valence-corrected chi connectivity index (χ0v) is 23.8. The van der Waals surface area contributed by atoms with Gasteiger partial charge in [0.05, 0.1) is 19.6 Å². The summed E-state index contributed by atoms with van der Waals surface area (Å²) in [4.78, 5) is 74.6. The van der Waals surface area contributed by atoms with Gasteiger partial charge < -0.3 is 14.2 Å². The van der Waals surface area contributed by atoms with E-state index in [4.69, 9.17) is 14.2 Å². The van der Waals surface area contributed by atoms with Gasteiger partial charge in [0.1, 0.15) is 34.1 Å². The van der Waals surface area contributed by atoms with Gasteiger partial charge >= 0.3 is 35.0 Å². The summed E-state index contributed by atoms with van der Waals surface area (Å²) >= 11 is 12.3. The molecule has 1 aromatic rings. The van der Waals surface area contributed by atoms with Crippen molar-refractivity contribution in [2.24, 2.45) is 0 Å². The molecule has 1 heterocycles. The van der Waals surface area contributed by atoms with E-state index in [2.05, 4.69) is 37.9 Å². The maximum atomic E-state index is 12.9. The van der Waals surface area contributed by atoms with Crippen molar-refractivity contribution < 1.29 is 28.6 Å². The molecule has 0 fully saturated rings. The number of ether oxygens (including phenoxy) is 3. The normalized spacial score (nSPS) is 12.2. The fraction of sp³-hybridized carbons (Fsp3) is 0.714. The lowest BCUT2D eigenvalue weighted by Gasteiger charge is -2.18. The molecule has 0 aliphatic carbocycles. The van der Waals surface area contributed by atoms with Gasteiger partial charge in [0, 0.05) is 0 Å². The topological polar surface area (TPSA) is 145 Å². The molecular formula is C21H33N3O9S3. The van der Waals surface area contributed by atoms with Crippen molar-refractivity contribution in [3.8, 4) is 0 Å². The molecule has 0 saturated carbocycles. The van der Waals surface area contributed by atoms with Crippen LogP contribution in [0.15, 0.2) is 14.4 Å². The van der Waals surface area contributed by atoms with E-state index in [0.29, 0.717) is 13.7 Å². The Hall–Kier alpha value is -2.13. The summed E-state index contributed by atoms with van der Waals surface area (Å²) < 4.78 is 14.0. The van der Waals surface area contributed by atoms with Crippen molar-refractivity contribution in [1.82, 2.24) is 13.7 Å². The Bertz CT molecular complexity index is 976. The van der Waals surface area contributed by atoms with E-state index in [1.54, 1.807) is 0 Å². The summed E-state index contributed by atoms with van der Waals surface area (Å²) in [6, 6.07) is 0. The van der Waals surface area contributed by atoms with Crippen LogP contribution in [0.25, 0.3) is 0 Å². The van der Waals surface area contributed by atoms with Crippen LogP contribution in [-0.2, 0) is 48.2 Å². The van der Waals surface area contributed by atoms with E-state index in [-0.39, 0.29) is 39.5 Å². The van der Waals surface area contributed by atoms with E-state index < -0.39 is 49.2 Å². The maximum Gasteiger partial charge on any atom is 0.336 e. The van der Waals surface area contributed by atoms with Gasteiger partial charge in [0.2, 0.25) is 0 Å². The van der Waals surface area contributed by atoms with E-state index in [9.17, 15) is 28.8 Å². The van der Waals surface area contributed by atoms with Gasteiger partial charge in [-0.2, -0.15) is 37.9 Å². The van der Waals surface area contributed by atoms with Gasteiger partial charge in [-0.05, 0) is 41.5 Å². The molecular weight excluding hydrogens is 534 g/mol. The Labute approximate surface area is 224 Å². The largest absolute Gasteiger partial charge is 0.463 e. The van der Waals surface area contributed by atoms with Gasteiger partial charge in [-0.3, -0.25) is 14.4 Å². The monoisotopic (exact) mass is 567 g/mol. The van der Waals surface area contributed by atoms with Gasteiger partial charge in [-0.25, -0.2) is 28.1 Å². The minimum absolute atomic E-state index is 0.345. The second-order valence-corrected chi connectivity index (χ2v) is 12.7. The number of carbonyl (C=O) groups excluding carboxylic acids is 3. The summed E-state index contributed by atoms with van der Waals surface area (Å²) in [6.45, 7) is 6.96. The molecule has 0 saturated heterocycles. The maximum absolute atomic E-state index is 12.9. The molecule has 0 spiro atoms. The van der Waals surface area contributed by atoms with E-state index >= 15 is 0 Å². The molecule has 0 aliphatic heterocycles. The molecule has 1 aromatic heterocycles. The number of carbonyl (C=O) groups is 3. The lowest BCUT2D eigenvalue weighted by molar-refractivity contribution is -0.146. The summed E-state index contributed by atoms with van der Waals surface area (Å²) in [5.41, 5.74) is -2.97. The van der Waals surface area contributed by atoms with Crippen LogP contribution in [0.5, 0.6) is 0 Å². The lowest BCUT2D eigenvalue weighted by Crippen LogP contribution is -2.55. The van der Waals surface area contributed by atoms with Crippen LogP contribution < -0.4 is 17.1 Å². The Morgan fingerprint density at radius 2 is 0.750 bits per heavy atom. The highest BCUT2D eigenvalue weighted by Gasteiger charge is 2.27. The molecule has 204 valence electrons. The second kappa shape index (κ2) is 12.4. The summed E-state index contributed by atoms with van der Waals surface area (Å²) in [5, 5.41) is 0. The van der Waals surface area contributed by atoms with Crippen molar-refractivity contribution >= 4 is 55.8 Å². The van der Waals surface area contributed by atoms with Crippen molar-refractivity contribution in [1.29, 1.82) is 0 Å². The van der Waals surface area contributed by atoms with E-state index in [0.717, 1.165) is 0 Å². The van der Waals surface area contributed by atoms with Gasteiger partial charge in [0.15, 0.2) is 0 Å². The SMILES string of the molecule is CC(C)(S)C(=O)OCCn1c(=O)n(CCOC(=O)C(C)(C)S)c(=O)n(CCOC(=O)C(C)(C)S)c1=O. The number of hydrogen-bond acceptors (Lipinski definition) is 12. The van der Waals surface area contributed by atoms with Crippen LogP contribution in [0.3, 0.4) is 0 Å². The van der Waals surface area contributed by atoms with Crippen LogP contribution in [0, 0.1) is 0 Å². The predicted octanol–water partition coefficient (Wildman–Crippen LogP) is -0.0735. The molecule has 0 aromatic carbocycles. The predicted molar refractivity (Wildman–Crippen MR) is 141 cm³/mol. The summed E-state index contributed by atoms with van der Waals surface area (Å²) in [5.74, 6) is -2.01. The molecule has 15 heteroatoms. The number of rotatable bonds is 12. The van der Waals surface area contributed by atoms with Gasteiger partial charge in [0.25, 0.3) is 0 Å². The molecule has 0 aliphatic rings. The fourth-order valence-electron chi connectivity index (χ4n) is 2.48. The third-order valence-corrected chi connectivity index (χ3v) is 5.08. The smallest absolute Gasteiger partial charge is 0.336 e. The minimum atomic E-state index is -1.10. The molecule has 1 rings (SSSR count). The lowest BCUT2D eigenvalue weighted by atomic mass is 10.2. The summed E-state index contributed by atoms with van der Waals surface area (Å²) in [7, 11) is 0. The quantitative estimate of drug-likeness (QED) is 0.180. The van der Waals surface area contributed by atoms with Crippen molar-refractivity contribution in [3.63, 3.8) is 0 Å². The van der Waals surface area contributed by atoms with Crippen LogP contribution in [-0.4, -0.2) is 65.7 Å². The number of nitrogens with zero attached hydrogens (tertiary/aromatic N) is 3. The third-order valence-electron chi connectivity index (χ3n) is 4.53. The highest BCUT2D eigenvalue weighted by molar-refractivity contribution is 7.83. The molecule has 36 heavy (non-hydrogen) atoms. The minimum Gasteiger partial charge on any atom is -0.463 e. The van der Waals surface area contributed by atoms with Crippen LogP contribution >= 0.6 is 37.9 Å². The van der Waals surface area contributed by atoms with E-state index in [1.807, 2.05) is 0 Å². The molecule has 0 radical (unpaired) electrons. The summed E-state index contributed by atoms with van der Waals surface area (Å²) in [6.07, 6.45) is 0. The molecule has 0 N–H and O–H groups in total. The van der Waals surface area contributed by atoms with Crippen LogP contribution in [0.4, 0.5) is 0 Å². The van der Waals surface area contributed by atoms with Crippen molar-refractivity contribution in [3.05, 3.63) is 31.5 Å². The standard InChI is InChI=1S/C21H33N3O9S3/c1-19(2,34)13(25)31-10-7-22-16(28)23(8-11-32-14(26)20(3,4)35)18(30)24(17(22)29)9-12-33-15(27)21(5,6)36/h34-36H,7-12H2,1-6H3. The first-order valence-electron chi connectivity index (χ1n) is 10.9. The second-order valence-electron chi connectivity index (χ2n) is 9.39. The average Bonchev–Trinajstić information content (AvgIpc) is 2.72. The first kappa shape index (κ1) is 31.9. The fourth-order valence-corrected chi connectivity index (χ4v) is 2.67. The van der Waals surface area contributed by atoms with Crippen molar-refractivity contribution in [2.45, 2.75) is 75.4 Å². The zero-order valence-electron chi connectivity index (χ0n) is 21.1. The Balaban J connectivity index is 3.27. The number of aromatic nitrogens is 3. The highest BCUT2D eigenvalue weighted by Crippen LogP contribution is 2.15. The Kier molecular flexibility index (Phi) is 11.0. The Morgan fingerprint density at radius 1 is 0.556 bits per heavy atom. The zero-order chi connectivity index (χ0) is 28.1. The molecule has 0 unspecified atom stereocenters. The van der Waals surface area contributed by atoms with Gasteiger partial charge in [-0.1, -0.05) is 0 Å². The molecule has 0 atom stereocenters. The molecule has 0 amide bonds. The van der Waals surface area contributed by atoms with E-state index in [1.165, 1.54) is 41.5 Å².